The highest BCUT2D eigenvalue weighted by Gasteiger charge is 2.01. The van der Waals surface area contributed by atoms with Crippen molar-refractivity contribution in [2.75, 3.05) is 25.7 Å². The summed E-state index contributed by atoms with van der Waals surface area (Å²) < 4.78 is 4.51. The maximum absolute atomic E-state index is 10.7. The van der Waals surface area contributed by atoms with E-state index in [9.17, 15) is 4.79 Å². The molecule has 0 aromatic rings. The van der Waals surface area contributed by atoms with Gasteiger partial charge in [-0.05, 0) is 26.1 Å². The molecule has 0 saturated carbocycles. The Morgan fingerprint density at radius 2 is 2.33 bits per heavy atom. The first kappa shape index (κ1) is 11.8. The van der Waals surface area contributed by atoms with Crippen molar-refractivity contribution in [1.82, 2.24) is 5.32 Å². The Balaban J connectivity index is 3.15. The van der Waals surface area contributed by atoms with E-state index in [0.29, 0.717) is 11.8 Å². The molecule has 0 spiro atoms. The van der Waals surface area contributed by atoms with Crippen molar-refractivity contribution in [1.29, 1.82) is 0 Å². The van der Waals surface area contributed by atoms with E-state index in [1.165, 1.54) is 7.11 Å². The first-order chi connectivity index (χ1) is 5.70. The third kappa shape index (κ3) is 6.49. The van der Waals surface area contributed by atoms with Crippen molar-refractivity contribution in [3.63, 3.8) is 0 Å². The van der Waals surface area contributed by atoms with Gasteiger partial charge in [-0.15, -0.1) is 0 Å². The van der Waals surface area contributed by atoms with Gasteiger partial charge >= 0.3 is 5.97 Å². The summed E-state index contributed by atoms with van der Waals surface area (Å²) in [6.45, 7) is 2.12. The van der Waals surface area contributed by atoms with Crippen LogP contribution < -0.4 is 5.32 Å². The molecule has 0 aliphatic carbocycles. The summed E-state index contributed by atoms with van der Waals surface area (Å²) in [6, 6.07) is 0.523. The Labute approximate surface area is 78.2 Å². The number of rotatable bonds is 6. The van der Waals surface area contributed by atoms with E-state index in [-0.39, 0.29) is 5.97 Å². The largest absolute Gasteiger partial charge is 0.468 e. The molecule has 0 bridgehead atoms. The molecular formula is C8H17NO2S. The van der Waals surface area contributed by atoms with Crippen LogP contribution in [0.4, 0.5) is 0 Å². The lowest BCUT2D eigenvalue weighted by Gasteiger charge is -2.08. The molecule has 1 atom stereocenters. The van der Waals surface area contributed by atoms with Crippen LogP contribution in [0.5, 0.6) is 0 Å². The molecule has 4 heteroatoms. The number of hydrogen-bond donors (Lipinski definition) is 1. The van der Waals surface area contributed by atoms with Crippen molar-refractivity contribution in [3.05, 3.63) is 0 Å². The second-order valence-electron chi connectivity index (χ2n) is 2.61. The normalized spacial score (nSPS) is 12.6. The Morgan fingerprint density at radius 1 is 1.67 bits per heavy atom. The number of carbonyl (C=O) groups excluding carboxylic acids is 1. The molecule has 0 saturated heterocycles. The molecule has 0 aliphatic rings. The zero-order valence-electron chi connectivity index (χ0n) is 7.92. The Kier molecular flexibility index (Phi) is 7.29. The molecule has 0 rings (SSSR count). The first-order valence-electron chi connectivity index (χ1n) is 4.02. The van der Waals surface area contributed by atoms with Gasteiger partial charge in [0.15, 0.2) is 0 Å². The fourth-order valence-corrected chi connectivity index (χ4v) is 1.57. The first-order valence-corrected chi connectivity index (χ1v) is 5.18. The Bertz CT molecular complexity index is 130. The summed E-state index contributed by atoms with van der Waals surface area (Å²) in [5.74, 6) is 1.32. The van der Waals surface area contributed by atoms with Gasteiger partial charge in [0, 0.05) is 6.04 Å². The Morgan fingerprint density at radius 3 is 2.83 bits per heavy atom. The van der Waals surface area contributed by atoms with Gasteiger partial charge in [-0.3, -0.25) is 4.79 Å². The minimum Gasteiger partial charge on any atom is -0.468 e. The zero-order valence-corrected chi connectivity index (χ0v) is 8.74. The fourth-order valence-electron chi connectivity index (χ4n) is 0.619. The molecule has 72 valence electrons. The number of nitrogens with one attached hydrogen (secondary N) is 1. The Hall–Kier alpha value is -0.220. The molecule has 12 heavy (non-hydrogen) atoms. The van der Waals surface area contributed by atoms with E-state index in [2.05, 4.69) is 17.0 Å². The lowest BCUT2D eigenvalue weighted by molar-refractivity contribution is -0.137. The predicted octanol–water partition coefficient (Wildman–Crippen LogP) is 0.891. The smallest absolute Gasteiger partial charge is 0.315 e. The average Bonchev–Trinajstić information content (AvgIpc) is 2.11. The molecular weight excluding hydrogens is 174 g/mol. The molecule has 0 heterocycles. The topological polar surface area (TPSA) is 38.3 Å². The van der Waals surface area contributed by atoms with E-state index in [0.717, 1.165) is 12.2 Å². The third-order valence-corrected chi connectivity index (χ3v) is 2.60. The third-order valence-electron chi connectivity index (χ3n) is 1.64. The van der Waals surface area contributed by atoms with Gasteiger partial charge in [0.25, 0.3) is 0 Å². The minimum absolute atomic E-state index is 0.142. The molecule has 0 aliphatic heterocycles. The monoisotopic (exact) mass is 191 g/mol. The van der Waals surface area contributed by atoms with Gasteiger partial charge in [0.05, 0.1) is 12.9 Å². The average molecular weight is 191 g/mol. The molecule has 0 aromatic carbocycles. The van der Waals surface area contributed by atoms with Crippen LogP contribution in [0.1, 0.15) is 13.3 Å². The molecule has 0 radical (unpaired) electrons. The van der Waals surface area contributed by atoms with Gasteiger partial charge in [-0.1, -0.05) is 0 Å². The van der Waals surface area contributed by atoms with Crippen molar-refractivity contribution < 1.29 is 9.53 Å². The quantitative estimate of drug-likeness (QED) is 0.500. The van der Waals surface area contributed by atoms with Crippen LogP contribution in [0.2, 0.25) is 0 Å². The van der Waals surface area contributed by atoms with Crippen molar-refractivity contribution in [3.8, 4) is 0 Å². The van der Waals surface area contributed by atoms with Gasteiger partial charge in [0.2, 0.25) is 0 Å². The number of hydrogen-bond acceptors (Lipinski definition) is 4. The van der Waals surface area contributed by atoms with E-state index in [4.69, 9.17) is 0 Å². The van der Waals surface area contributed by atoms with Crippen LogP contribution in [0.25, 0.3) is 0 Å². The maximum Gasteiger partial charge on any atom is 0.315 e. The summed E-state index contributed by atoms with van der Waals surface area (Å²) in [5, 5.41) is 3.14. The number of ether oxygens (including phenoxy) is 1. The molecule has 0 aromatic heterocycles. The van der Waals surface area contributed by atoms with E-state index < -0.39 is 0 Å². The van der Waals surface area contributed by atoms with Crippen LogP contribution in [-0.2, 0) is 9.53 Å². The van der Waals surface area contributed by atoms with Crippen LogP contribution >= 0.6 is 11.8 Å². The van der Waals surface area contributed by atoms with E-state index in [1.54, 1.807) is 11.8 Å². The highest BCUT2D eigenvalue weighted by atomic mass is 32.2. The van der Waals surface area contributed by atoms with Crippen LogP contribution in [-0.4, -0.2) is 37.7 Å². The molecule has 0 amide bonds. The van der Waals surface area contributed by atoms with Gasteiger partial charge in [-0.2, -0.15) is 11.8 Å². The highest BCUT2D eigenvalue weighted by molar-refractivity contribution is 7.99. The van der Waals surface area contributed by atoms with Gasteiger partial charge < -0.3 is 10.1 Å². The van der Waals surface area contributed by atoms with Crippen LogP contribution in [0.15, 0.2) is 0 Å². The fraction of sp³-hybridized carbons (Fsp3) is 0.875. The number of esters is 1. The van der Waals surface area contributed by atoms with Crippen LogP contribution in [0.3, 0.4) is 0 Å². The van der Waals surface area contributed by atoms with Crippen molar-refractivity contribution in [2.45, 2.75) is 19.4 Å². The second kappa shape index (κ2) is 7.43. The SMILES string of the molecule is CNC(C)CCSCC(=O)OC. The standard InChI is InChI=1S/C8H17NO2S/c1-7(9-2)4-5-12-6-8(10)11-3/h7,9H,4-6H2,1-3H3. The summed E-state index contributed by atoms with van der Waals surface area (Å²) >= 11 is 1.62. The molecule has 1 N–H and O–H groups in total. The maximum atomic E-state index is 10.7. The van der Waals surface area contributed by atoms with E-state index in [1.807, 2.05) is 7.05 Å². The molecule has 1 unspecified atom stereocenters. The predicted molar refractivity (Wildman–Crippen MR) is 52.5 cm³/mol. The van der Waals surface area contributed by atoms with Crippen molar-refractivity contribution in [2.24, 2.45) is 0 Å². The minimum atomic E-state index is -0.142. The summed E-state index contributed by atoms with van der Waals surface area (Å²) in [6.07, 6.45) is 1.08. The van der Waals surface area contributed by atoms with E-state index >= 15 is 0 Å². The van der Waals surface area contributed by atoms with Gasteiger partial charge in [0.1, 0.15) is 0 Å². The highest BCUT2D eigenvalue weighted by Crippen LogP contribution is 2.04. The van der Waals surface area contributed by atoms with Crippen LogP contribution in [0, 0.1) is 0 Å². The molecule has 0 fully saturated rings. The second-order valence-corrected chi connectivity index (χ2v) is 3.71. The van der Waals surface area contributed by atoms with Gasteiger partial charge in [-0.25, -0.2) is 0 Å². The summed E-state index contributed by atoms with van der Waals surface area (Å²) in [4.78, 5) is 10.7. The number of carbonyl (C=O) groups is 1. The zero-order chi connectivity index (χ0) is 9.40. The van der Waals surface area contributed by atoms with Crippen molar-refractivity contribution >= 4 is 17.7 Å². The summed E-state index contributed by atoms with van der Waals surface area (Å²) in [5.41, 5.74) is 0. The molecule has 3 nitrogen and oxygen atoms in total. The summed E-state index contributed by atoms with van der Waals surface area (Å²) in [7, 11) is 3.36. The lowest BCUT2D eigenvalue weighted by Crippen LogP contribution is -2.21. The lowest BCUT2D eigenvalue weighted by atomic mass is 10.3. The number of methoxy groups -OCH3 is 1. The number of thioether (sulfide) groups is 1.